The van der Waals surface area contributed by atoms with E-state index in [1.54, 1.807) is 11.3 Å². The Morgan fingerprint density at radius 3 is 2.62 bits per heavy atom. The molecule has 1 aromatic heterocycles. The summed E-state index contributed by atoms with van der Waals surface area (Å²) in [6.07, 6.45) is 1.00. The SMILES string of the molecule is CCNC(=NCc1cccs1)NCCc1ccc(C)cc1. The fourth-order valence-corrected chi connectivity index (χ4v) is 2.61. The number of aliphatic imine (C=N–C) groups is 1. The van der Waals surface area contributed by atoms with Gasteiger partial charge in [-0.3, -0.25) is 0 Å². The fourth-order valence-electron chi connectivity index (χ4n) is 1.98. The maximum absolute atomic E-state index is 4.61. The molecule has 0 aliphatic rings. The van der Waals surface area contributed by atoms with Crippen molar-refractivity contribution in [3.8, 4) is 0 Å². The first-order valence-corrected chi connectivity index (χ1v) is 8.26. The average molecular weight is 301 g/mol. The number of hydrogen-bond acceptors (Lipinski definition) is 2. The molecule has 0 amide bonds. The number of rotatable bonds is 6. The van der Waals surface area contributed by atoms with E-state index < -0.39 is 0 Å². The molecule has 0 saturated heterocycles. The summed E-state index contributed by atoms with van der Waals surface area (Å²) >= 11 is 1.74. The van der Waals surface area contributed by atoms with Gasteiger partial charge in [0.1, 0.15) is 0 Å². The van der Waals surface area contributed by atoms with Gasteiger partial charge < -0.3 is 10.6 Å². The van der Waals surface area contributed by atoms with Gasteiger partial charge in [-0.1, -0.05) is 35.9 Å². The van der Waals surface area contributed by atoms with E-state index >= 15 is 0 Å². The van der Waals surface area contributed by atoms with Crippen LogP contribution in [-0.4, -0.2) is 19.0 Å². The van der Waals surface area contributed by atoms with Gasteiger partial charge in [-0.15, -0.1) is 11.3 Å². The van der Waals surface area contributed by atoms with Gasteiger partial charge in [-0.2, -0.15) is 0 Å². The molecule has 1 heterocycles. The Balaban J connectivity index is 1.82. The Hall–Kier alpha value is -1.81. The van der Waals surface area contributed by atoms with Crippen LogP contribution in [0.25, 0.3) is 0 Å². The lowest BCUT2D eigenvalue weighted by Crippen LogP contribution is -2.38. The van der Waals surface area contributed by atoms with Crippen LogP contribution in [0.3, 0.4) is 0 Å². The van der Waals surface area contributed by atoms with Crippen molar-refractivity contribution in [1.29, 1.82) is 0 Å². The minimum Gasteiger partial charge on any atom is -0.357 e. The van der Waals surface area contributed by atoms with Crippen molar-refractivity contribution in [2.75, 3.05) is 13.1 Å². The van der Waals surface area contributed by atoms with E-state index in [0.717, 1.165) is 32.0 Å². The summed E-state index contributed by atoms with van der Waals surface area (Å²) in [5.74, 6) is 0.887. The molecule has 0 saturated carbocycles. The summed E-state index contributed by atoms with van der Waals surface area (Å²) in [6.45, 7) is 6.70. The van der Waals surface area contributed by atoms with Gasteiger partial charge >= 0.3 is 0 Å². The third-order valence-electron chi connectivity index (χ3n) is 3.14. The van der Waals surface area contributed by atoms with E-state index in [-0.39, 0.29) is 0 Å². The summed E-state index contributed by atoms with van der Waals surface area (Å²) in [5, 5.41) is 8.76. The smallest absolute Gasteiger partial charge is 0.191 e. The third kappa shape index (κ3) is 5.60. The molecule has 2 N–H and O–H groups in total. The summed E-state index contributed by atoms with van der Waals surface area (Å²) in [7, 11) is 0. The van der Waals surface area contributed by atoms with Crippen LogP contribution in [0.4, 0.5) is 0 Å². The number of thiophene rings is 1. The van der Waals surface area contributed by atoms with E-state index in [1.807, 2.05) is 0 Å². The van der Waals surface area contributed by atoms with Crippen molar-refractivity contribution in [2.45, 2.75) is 26.8 Å². The highest BCUT2D eigenvalue weighted by atomic mass is 32.1. The second-order valence-corrected chi connectivity index (χ2v) is 5.97. The van der Waals surface area contributed by atoms with E-state index in [4.69, 9.17) is 0 Å². The Morgan fingerprint density at radius 2 is 1.95 bits per heavy atom. The fraction of sp³-hybridized carbons (Fsp3) is 0.353. The number of nitrogens with zero attached hydrogens (tertiary/aromatic N) is 1. The molecule has 3 nitrogen and oxygen atoms in total. The predicted octanol–water partition coefficient (Wildman–Crippen LogP) is 3.35. The average Bonchev–Trinajstić information content (AvgIpc) is 3.00. The van der Waals surface area contributed by atoms with Crippen LogP contribution >= 0.6 is 11.3 Å². The Morgan fingerprint density at radius 1 is 1.14 bits per heavy atom. The molecule has 0 aliphatic carbocycles. The lowest BCUT2D eigenvalue weighted by molar-refractivity contribution is 0.800. The summed E-state index contributed by atoms with van der Waals surface area (Å²) < 4.78 is 0. The van der Waals surface area contributed by atoms with E-state index in [1.165, 1.54) is 16.0 Å². The maximum Gasteiger partial charge on any atom is 0.191 e. The van der Waals surface area contributed by atoms with Crippen LogP contribution in [0.1, 0.15) is 22.9 Å². The number of benzene rings is 1. The van der Waals surface area contributed by atoms with Gasteiger partial charge in [0.05, 0.1) is 6.54 Å². The van der Waals surface area contributed by atoms with E-state index in [9.17, 15) is 0 Å². The monoisotopic (exact) mass is 301 g/mol. The largest absolute Gasteiger partial charge is 0.357 e. The zero-order valence-electron chi connectivity index (χ0n) is 12.7. The minimum atomic E-state index is 0.734. The zero-order valence-corrected chi connectivity index (χ0v) is 13.5. The number of nitrogens with one attached hydrogen (secondary N) is 2. The Labute approximate surface area is 131 Å². The van der Waals surface area contributed by atoms with Crippen molar-refractivity contribution in [3.63, 3.8) is 0 Å². The first-order chi connectivity index (χ1) is 10.3. The predicted molar refractivity (Wildman–Crippen MR) is 92.0 cm³/mol. The summed E-state index contributed by atoms with van der Waals surface area (Å²) in [6, 6.07) is 12.9. The third-order valence-corrected chi connectivity index (χ3v) is 4.01. The molecule has 0 fully saturated rings. The summed E-state index contributed by atoms with van der Waals surface area (Å²) in [5.41, 5.74) is 2.65. The molecular formula is C17H23N3S. The summed E-state index contributed by atoms with van der Waals surface area (Å²) in [4.78, 5) is 5.89. The Bertz CT molecular complexity index is 544. The van der Waals surface area contributed by atoms with Crippen LogP contribution < -0.4 is 10.6 Å². The van der Waals surface area contributed by atoms with Gasteiger partial charge in [-0.25, -0.2) is 4.99 Å². The van der Waals surface area contributed by atoms with Gasteiger partial charge in [0.2, 0.25) is 0 Å². The maximum atomic E-state index is 4.61. The number of guanidine groups is 1. The second-order valence-electron chi connectivity index (χ2n) is 4.94. The molecule has 0 bridgehead atoms. The quantitative estimate of drug-likeness (QED) is 0.634. The highest BCUT2D eigenvalue weighted by Gasteiger charge is 1.99. The molecule has 112 valence electrons. The highest BCUT2D eigenvalue weighted by Crippen LogP contribution is 2.09. The van der Waals surface area contributed by atoms with Crippen LogP contribution in [-0.2, 0) is 13.0 Å². The van der Waals surface area contributed by atoms with Gasteiger partial charge in [0.15, 0.2) is 5.96 Å². The standard InChI is InChI=1S/C17H23N3S/c1-3-18-17(20-13-16-5-4-12-21-16)19-11-10-15-8-6-14(2)7-9-15/h4-9,12H,3,10-11,13H2,1-2H3,(H2,18,19,20). The van der Waals surface area contributed by atoms with Crippen molar-refractivity contribution in [2.24, 2.45) is 4.99 Å². The lowest BCUT2D eigenvalue weighted by atomic mass is 10.1. The van der Waals surface area contributed by atoms with Gasteiger partial charge in [0, 0.05) is 18.0 Å². The molecule has 2 rings (SSSR count). The normalized spacial score (nSPS) is 11.4. The van der Waals surface area contributed by atoms with Crippen molar-refractivity contribution in [3.05, 3.63) is 57.8 Å². The highest BCUT2D eigenvalue weighted by molar-refractivity contribution is 7.09. The first kappa shape index (κ1) is 15.6. The van der Waals surface area contributed by atoms with Crippen LogP contribution in [0.15, 0.2) is 46.8 Å². The van der Waals surface area contributed by atoms with Crippen molar-refractivity contribution in [1.82, 2.24) is 10.6 Å². The van der Waals surface area contributed by atoms with Crippen LogP contribution in [0.2, 0.25) is 0 Å². The van der Waals surface area contributed by atoms with E-state index in [0.29, 0.717) is 0 Å². The molecule has 21 heavy (non-hydrogen) atoms. The minimum absolute atomic E-state index is 0.734. The molecule has 0 atom stereocenters. The van der Waals surface area contributed by atoms with Crippen LogP contribution in [0.5, 0.6) is 0 Å². The molecule has 2 aromatic rings. The van der Waals surface area contributed by atoms with Gasteiger partial charge in [-0.05, 0) is 37.3 Å². The number of aryl methyl sites for hydroxylation is 1. The van der Waals surface area contributed by atoms with Crippen molar-refractivity contribution < 1.29 is 0 Å². The molecule has 4 heteroatoms. The second kappa shape index (κ2) is 8.47. The zero-order chi connectivity index (χ0) is 14.9. The van der Waals surface area contributed by atoms with Crippen molar-refractivity contribution >= 4 is 17.3 Å². The number of hydrogen-bond donors (Lipinski definition) is 2. The molecule has 0 unspecified atom stereocenters. The first-order valence-electron chi connectivity index (χ1n) is 7.38. The lowest BCUT2D eigenvalue weighted by Gasteiger charge is -2.11. The van der Waals surface area contributed by atoms with E-state index in [2.05, 4.69) is 71.3 Å². The van der Waals surface area contributed by atoms with Crippen LogP contribution in [0, 0.1) is 6.92 Å². The van der Waals surface area contributed by atoms with Gasteiger partial charge in [0.25, 0.3) is 0 Å². The molecule has 1 aromatic carbocycles. The topological polar surface area (TPSA) is 36.4 Å². The molecule has 0 radical (unpaired) electrons. The molecule has 0 aliphatic heterocycles. The molecular weight excluding hydrogens is 278 g/mol. The Kier molecular flexibility index (Phi) is 6.28. The molecule has 0 spiro atoms.